The average Bonchev–Trinajstić information content (AvgIpc) is 3.01. The first kappa shape index (κ1) is 23.9. The fraction of sp³-hybridized carbons (Fsp3) is 0.280. The molecule has 1 amide bonds. The second-order valence-corrected chi connectivity index (χ2v) is 10.7. The number of aromatic nitrogens is 1. The highest BCUT2D eigenvalue weighted by Crippen LogP contribution is 2.37. The lowest BCUT2D eigenvalue weighted by atomic mass is 10.0. The molecule has 0 spiro atoms. The Morgan fingerprint density at radius 1 is 1.26 bits per heavy atom. The Kier molecular flexibility index (Phi) is 6.47. The zero-order valence-electron chi connectivity index (χ0n) is 19.3. The highest BCUT2D eigenvalue weighted by molar-refractivity contribution is 7.65. The largest absolute Gasteiger partial charge is 0.491 e. The number of nitrogens with zero attached hydrogens (tertiary/aromatic N) is 2. The van der Waals surface area contributed by atoms with Gasteiger partial charge >= 0.3 is 0 Å². The molecule has 9 heteroatoms. The minimum Gasteiger partial charge on any atom is -0.491 e. The van der Waals surface area contributed by atoms with Crippen LogP contribution in [0.25, 0.3) is 11.1 Å². The van der Waals surface area contributed by atoms with Gasteiger partial charge in [0.15, 0.2) is 0 Å². The summed E-state index contributed by atoms with van der Waals surface area (Å²) >= 11 is 0. The third-order valence-corrected chi connectivity index (χ3v) is 7.27. The van der Waals surface area contributed by atoms with Crippen LogP contribution in [0.3, 0.4) is 0 Å². The van der Waals surface area contributed by atoms with E-state index in [1.807, 2.05) is 31.2 Å². The van der Waals surface area contributed by atoms with Crippen molar-refractivity contribution in [2.45, 2.75) is 26.8 Å². The molecule has 34 heavy (non-hydrogen) atoms. The smallest absolute Gasteiger partial charge is 0.254 e. The Balaban J connectivity index is 1.68. The number of rotatable bonds is 4. The molecule has 0 bridgehead atoms. The van der Waals surface area contributed by atoms with Crippen LogP contribution in [-0.4, -0.2) is 40.5 Å². The van der Waals surface area contributed by atoms with Crippen LogP contribution in [0.4, 0.5) is 10.2 Å². The fourth-order valence-electron chi connectivity index (χ4n) is 4.14. The van der Waals surface area contributed by atoms with Gasteiger partial charge in [0.25, 0.3) is 5.91 Å². The van der Waals surface area contributed by atoms with Gasteiger partial charge in [-0.05, 0) is 54.8 Å². The van der Waals surface area contributed by atoms with E-state index < -0.39 is 13.2 Å². The number of carbonyl (C=O) groups excluding carboxylic acids is 1. The standard InChI is InChI=1S/C25H27FN3O4P/c1-4-19-20(6-8-22(23(19)26)34(3,31)32)25(30)29-9-10-33-21-7-5-16(12-18(21)14-29)17-11-15(2)24(27)28-13-17/h5-8,11-13H,4,9-10,14H2,1-3H3,(H2,27,28)(H,31,32). The molecule has 0 saturated carbocycles. The monoisotopic (exact) mass is 483 g/mol. The van der Waals surface area contributed by atoms with Crippen LogP contribution in [-0.2, 0) is 17.5 Å². The number of nitrogen functional groups attached to an aromatic ring is 1. The summed E-state index contributed by atoms with van der Waals surface area (Å²) in [7, 11) is -3.80. The Morgan fingerprint density at radius 3 is 2.71 bits per heavy atom. The van der Waals surface area contributed by atoms with Crippen molar-refractivity contribution in [3.8, 4) is 16.9 Å². The molecule has 4 rings (SSSR count). The number of anilines is 1. The van der Waals surface area contributed by atoms with Crippen molar-refractivity contribution < 1.29 is 23.4 Å². The van der Waals surface area contributed by atoms with Gasteiger partial charge in [-0.1, -0.05) is 13.0 Å². The molecule has 0 radical (unpaired) electrons. The quantitative estimate of drug-likeness (QED) is 0.546. The molecular formula is C25H27FN3O4P. The van der Waals surface area contributed by atoms with Crippen LogP contribution >= 0.6 is 7.37 Å². The van der Waals surface area contributed by atoms with E-state index in [4.69, 9.17) is 10.5 Å². The second kappa shape index (κ2) is 9.20. The van der Waals surface area contributed by atoms with Crippen LogP contribution in [0, 0.1) is 12.7 Å². The van der Waals surface area contributed by atoms with Crippen LogP contribution in [0.15, 0.2) is 42.6 Å². The number of ether oxygens (including phenoxy) is 1. The minimum absolute atomic E-state index is 0.140. The number of aryl methyl sites for hydroxylation is 1. The zero-order valence-corrected chi connectivity index (χ0v) is 20.2. The van der Waals surface area contributed by atoms with Crippen molar-refractivity contribution in [3.05, 3.63) is 70.7 Å². The molecule has 3 N–H and O–H groups in total. The number of hydrogen-bond acceptors (Lipinski definition) is 5. The van der Waals surface area contributed by atoms with Crippen molar-refractivity contribution in [1.29, 1.82) is 0 Å². The predicted octanol–water partition coefficient (Wildman–Crippen LogP) is 3.90. The number of carbonyl (C=O) groups is 1. The lowest BCUT2D eigenvalue weighted by Crippen LogP contribution is -2.33. The predicted molar refractivity (Wildman–Crippen MR) is 130 cm³/mol. The molecule has 1 aromatic heterocycles. The van der Waals surface area contributed by atoms with E-state index in [0.29, 0.717) is 24.7 Å². The van der Waals surface area contributed by atoms with Gasteiger partial charge in [-0.25, -0.2) is 9.37 Å². The lowest BCUT2D eigenvalue weighted by Gasteiger charge is -2.22. The summed E-state index contributed by atoms with van der Waals surface area (Å²) in [4.78, 5) is 29.1. The van der Waals surface area contributed by atoms with E-state index in [-0.39, 0.29) is 35.3 Å². The molecule has 0 aliphatic carbocycles. The summed E-state index contributed by atoms with van der Waals surface area (Å²) in [5.74, 6) is 0.0209. The maximum absolute atomic E-state index is 15.0. The normalized spacial score (nSPS) is 15.1. The summed E-state index contributed by atoms with van der Waals surface area (Å²) in [6, 6.07) is 10.4. The highest BCUT2D eigenvalue weighted by atomic mass is 31.2. The number of amides is 1. The van der Waals surface area contributed by atoms with Crippen molar-refractivity contribution in [2.75, 3.05) is 25.6 Å². The van der Waals surface area contributed by atoms with E-state index in [0.717, 1.165) is 28.9 Å². The molecule has 0 fully saturated rings. The van der Waals surface area contributed by atoms with E-state index in [1.54, 1.807) is 18.0 Å². The summed E-state index contributed by atoms with van der Waals surface area (Å²) in [6.07, 6.45) is 1.92. The molecule has 1 unspecified atom stereocenters. The van der Waals surface area contributed by atoms with Gasteiger partial charge < -0.3 is 20.3 Å². The van der Waals surface area contributed by atoms with Crippen molar-refractivity contribution in [1.82, 2.24) is 9.88 Å². The SMILES string of the molecule is CCc1c(C(=O)N2CCOc3ccc(-c4cnc(N)c(C)c4)cc3C2)ccc(P(C)(=O)O)c1F. The van der Waals surface area contributed by atoms with Gasteiger partial charge in [0.1, 0.15) is 24.0 Å². The molecule has 2 aromatic carbocycles. The summed E-state index contributed by atoms with van der Waals surface area (Å²) in [5.41, 5.74) is 9.68. The van der Waals surface area contributed by atoms with Gasteiger partial charge in [-0.3, -0.25) is 9.36 Å². The van der Waals surface area contributed by atoms with E-state index in [2.05, 4.69) is 4.98 Å². The first-order valence-corrected chi connectivity index (χ1v) is 13.1. The molecule has 0 saturated heterocycles. The summed E-state index contributed by atoms with van der Waals surface area (Å²) < 4.78 is 33.0. The topological polar surface area (TPSA) is 106 Å². The lowest BCUT2D eigenvalue weighted by molar-refractivity contribution is 0.0731. The second-order valence-electron chi connectivity index (χ2n) is 8.48. The fourth-order valence-corrected chi connectivity index (χ4v) is 4.99. The first-order chi connectivity index (χ1) is 16.1. The Hall–Kier alpha value is -3.22. The third-order valence-electron chi connectivity index (χ3n) is 6.03. The number of hydrogen-bond donors (Lipinski definition) is 2. The highest BCUT2D eigenvalue weighted by Gasteiger charge is 2.28. The van der Waals surface area contributed by atoms with E-state index in [9.17, 15) is 14.3 Å². The number of pyridine rings is 1. The molecule has 1 aliphatic heterocycles. The Bertz CT molecular complexity index is 1320. The van der Waals surface area contributed by atoms with E-state index in [1.165, 1.54) is 12.1 Å². The van der Waals surface area contributed by atoms with Gasteiger partial charge in [0, 0.05) is 41.7 Å². The Morgan fingerprint density at radius 2 is 2.03 bits per heavy atom. The third kappa shape index (κ3) is 4.56. The minimum atomic E-state index is -3.80. The maximum atomic E-state index is 15.0. The van der Waals surface area contributed by atoms with Gasteiger partial charge in [0.2, 0.25) is 7.37 Å². The molecule has 7 nitrogen and oxygen atoms in total. The van der Waals surface area contributed by atoms with Crippen molar-refractivity contribution in [2.24, 2.45) is 0 Å². The molecule has 1 aliphatic rings. The average molecular weight is 483 g/mol. The van der Waals surface area contributed by atoms with Crippen LogP contribution in [0.5, 0.6) is 5.75 Å². The maximum Gasteiger partial charge on any atom is 0.254 e. The molecule has 178 valence electrons. The van der Waals surface area contributed by atoms with E-state index >= 15 is 4.39 Å². The Labute approximate surface area is 197 Å². The van der Waals surface area contributed by atoms with Crippen LogP contribution in [0.1, 0.15) is 34.0 Å². The number of nitrogens with two attached hydrogens (primary N) is 1. The van der Waals surface area contributed by atoms with Crippen LogP contribution in [0.2, 0.25) is 0 Å². The van der Waals surface area contributed by atoms with Crippen LogP contribution < -0.4 is 15.8 Å². The zero-order chi connectivity index (χ0) is 24.6. The molecule has 3 aromatic rings. The number of benzene rings is 2. The van der Waals surface area contributed by atoms with Crippen molar-refractivity contribution in [3.63, 3.8) is 0 Å². The number of halogens is 1. The van der Waals surface area contributed by atoms with Crippen molar-refractivity contribution >= 4 is 24.4 Å². The summed E-state index contributed by atoms with van der Waals surface area (Å²) in [6.45, 7) is 5.59. The van der Waals surface area contributed by atoms with Gasteiger partial charge in [-0.15, -0.1) is 0 Å². The number of fused-ring (bicyclic) bond motifs is 1. The van der Waals surface area contributed by atoms with Gasteiger partial charge in [-0.2, -0.15) is 0 Å². The summed E-state index contributed by atoms with van der Waals surface area (Å²) in [5, 5.41) is -0.262. The van der Waals surface area contributed by atoms with Gasteiger partial charge in [0.05, 0.1) is 11.8 Å². The first-order valence-electron chi connectivity index (χ1n) is 11.0. The molecule has 1 atom stereocenters. The molecular weight excluding hydrogens is 456 g/mol. The molecule has 2 heterocycles.